The maximum Gasteiger partial charge on any atom is 0.310 e. The molecule has 1 amide bonds. The number of aromatic nitrogens is 1. The van der Waals surface area contributed by atoms with Crippen molar-refractivity contribution >= 4 is 28.3 Å². The molecule has 5 nitrogen and oxygen atoms in total. The van der Waals surface area contributed by atoms with Gasteiger partial charge in [0.15, 0.2) is 5.13 Å². The molecule has 1 aromatic rings. The predicted octanol–water partition coefficient (Wildman–Crippen LogP) is 1.99. The molecule has 0 spiro atoms. The van der Waals surface area contributed by atoms with E-state index in [0.29, 0.717) is 5.13 Å². The lowest BCUT2D eigenvalue weighted by Crippen LogP contribution is -2.45. The number of amides is 1. The Morgan fingerprint density at radius 3 is 2.95 bits per heavy atom. The molecule has 1 fully saturated rings. The second-order valence-electron chi connectivity index (χ2n) is 5.28. The Balaban J connectivity index is 1.88. The van der Waals surface area contributed by atoms with Crippen LogP contribution < -0.4 is 5.32 Å². The number of carbonyl (C=O) groups excluding carboxylic acids is 1. The third-order valence-electron chi connectivity index (χ3n) is 4.37. The minimum absolute atomic E-state index is 0.0195. The summed E-state index contributed by atoms with van der Waals surface area (Å²) in [5.74, 6) is -1.70. The van der Waals surface area contributed by atoms with Crippen LogP contribution in [0, 0.1) is 23.2 Å². The first-order valence-corrected chi connectivity index (χ1v) is 7.03. The first kappa shape index (κ1) is 12.3. The molecule has 6 heteroatoms. The molecule has 2 N–H and O–H groups in total. The Bertz CT molecular complexity index is 554. The lowest BCUT2D eigenvalue weighted by molar-refractivity contribution is -0.155. The number of rotatable bonds is 3. The summed E-state index contributed by atoms with van der Waals surface area (Å²) in [6.45, 7) is 1.68. The van der Waals surface area contributed by atoms with Gasteiger partial charge in [-0.3, -0.25) is 9.59 Å². The molecule has 1 aromatic heterocycles. The third-order valence-corrected chi connectivity index (χ3v) is 5.06. The second-order valence-corrected chi connectivity index (χ2v) is 6.18. The molecule has 0 unspecified atom stereocenters. The molecule has 2 aliphatic carbocycles. The molecule has 4 atom stereocenters. The molecule has 100 valence electrons. The van der Waals surface area contributed by atoms with Crippen LogP contribution in [0.25, 0.3) is 0 Å². The largest absolute Gasteiger partial charge is 0.481 e. The highest BCUT2D eigenvalue weighted by Crippen LogP contribution is 2.56. The minimum atomic E-state index is -1.01. The zero-order chi connectivity index (χ0) is 13.6. The van der Waals surface area contributed by atoms with Gasteiger partial charge in [0, 0.05) is 11.6 Å². The van der Waals surface area contributed by atoms with Crippen LogP contribution in [0.2, 0.25) is 0 Å². The Labute approximate surface area is 114 Å². The van der Waals surface area contributed by atoms with Gasteiger partial charge in [-0.2, -0.15) is 0 Å². The van der Waals surface area contributed by atoms with Gasteiger partial charge in [0.1, 0.15) is 0 Å². The minimum Gasteiger partial charge on any atom is -0.481 e. The van der Waals surface area contributed by atoms with Crippen molar-refractivity contribution in [3.05, 3.63) is 23.7 Å². The smallest absolute Gasteiger partial charge is 0.310 e. The average molecular weight is 278 g/mol. The van der Waals surface area contributed by atoms with E-state index in [2.05, 4.69) is 10.3 Å². The van der Waals surface area contributed by atoms with Crippen LogP contribution in [0.5, 0.6) is 0 Å². The van der Waals surface area contributed by atoms with E-state index in [-0.39, 0.29) is 17.7 Å². The first-order chi connectivity index (χ1) is 9.03. The van der Waals surface area contributed by atoms with Crippen LogP contribution in [0.3, 0.4) is 0 Å². The lowest BCUT2D eigenvalue weighted by atomic mass is 9.69. The van der Waals surface area contributed by atoms with Crippen molar-refractivity contribution in [2.24, 2.45) is 23.2 Å². The molecule has 19 heavy (non-hydrogen) atoms. The number of anilines is 1. The van der Waals surface area contributed by atoms with E-state index in [1.165, 1.54) is 11.3 Å². The van der Waals surface area contributed by atoms with Crippen LogP contribution in [-0.4, -0.2) is 22.0 Å². The van der Waals surface area contributed by atoms with Crippen molar-refractivity contribution in [3.8, 4) is 0 Å². The van der Waals surface area contributed by atoms with E-state index >= 15 is 0 Å². The Morgan fingerprint density at radius 1 is 1.53 bits per heavy atom. The van der Waals surface area contributed by atoms with Gasteiger partial charge in [-0.15, -0.1) is 11.3 Å². The maximum absolute atomic E-state index is 12.4. The number of carbonyl (C=O) groups is 2. The molecule has 2 bridgehead atoms. The van der Waals surface area contributed by atoms with Crippen LogP contribution in [0.1, 0.15) is 13.3 Å². The van der Waals surface area contributed by atoms with Gasteiger partial charge in [0.2, 0.25) is 5.91 Å². The third kappa shape index (κ3) is 1.70. The molecule has 0 aliphatic heterocycles. The summed E-state index contributed by atoms with van der Waals surface area (Å²) in [5.41, 5.74) is -1.01. The summed E-state index contributed by atoms with van der Waals surface area (Å²) >= 11 is 1.33. The zero-order valence-electron chi connectivity index (χ0n) is 10.4. The number of carboxylic acid groups (broad SMARTS) is 1. The number of aliphatic carboxylic acids is 1. The fraction of sp³-hybridized carbons (Fsp3) is 0.462. The van der Waals surface area contributed by atoms with Crippen LogP contribution in [0.4, 0.5) is 5.13 Å². The number of fused-ring (bicyclic) bond motifs is 2. The van der Waals surface area contributed by atoms with Gasteiger partial charge in [-0.05, 0) is 25.2 Å². The molecule has 1 saturated carbocycles. The van der Waals surface area contributed by atoms with Crippen molar-refractivity contribution in [3.63, 3.8) is 0 Å². The second kappa shape index (κ2) is 4.16. The van der Waals surface area contributed by atoms with Crippen molar-refractivity contribution in [1.29, 1.82) is 0 Å². The molecule has 3 rings (SSSR count). The molecule has 2 aliphatic rings. The topological polar surface area (TPSA) is 79.3 Å². The number of carboxylic acids is 1. The number of allylic oxidation sites excluding steroid dienone is 2. The van der Waals surface area contributed by atoms with Gasteiger partial charge in [-0.1, -0.05) is 12.2 Å². The molecule has 0 saturated heterocycles. The van der Waals surface area contributed by atoms with Crippen LogP contribution >= 0.6 is 11.3 Å². The Morgan fingerprint density at radius 2 is 2.32 bits per heavy atom. The number of nitrogens with one attached hydrogen (secondary N) is 1. The van der Waals surface area contributed by atoms with E-state index < -0.39 is 17.3 Å². The van der Waals surface area contributed by atoms with Gasteiger partial charge in [-0.25, -0.2) is 4.98 Å². The summed E-state index contributed by atoms with van der Waals surface area (Å²) in [6.07, 6.45) is 6.27. The number of nitrogens with zero attached hydrogens (tertiary/aromatic N) is 1. The van der Waals surface area contributed by atoms with E-state index in [9.17, 15) is 14.7 Å². The van der Waals surface area contributed by atoms with Crippen molar-refractivity contribution in [2.75, 3.05) is 5.32 Å². The lowest BCUT2D eigenvalue weighted by Gasteiger charge is -2.33. The highest BCUT2D eigenvalue weighted by atomic mass is 32.1. The summed E-state index contributed by atoms with van der Waals surface area (Å²) in [4.78, 5) is 28.0. The molecule has 0 radical (unpaired) electrons. The summed E-state index contributed by atoms with van der Waals surface area (Å²) in [7, 11) is 0. The fourth-order valence-corrected chi connectivity index (χ4v) is 3.85. The van der Waals surface area contributed by atoms with E-state index in [0.717, 1.165) is 6.42 Å². The van der Waals surface area contributed by atoms with E-state index in [1.54, 1.807) is 18.5 Å². The molecule has 0 aromatic carbocycles. The van der Waals surface area contributed by atoms with Crippen LogP contribution in [-0.2, 0) is 9.59 Å². The highest BCUT2D eigenvalue weighted by Gasteiger charge is 2.60. The number of thiazole rings is 1. The van der Waals surface area contributed by atoms with Crippen molar-refractivity contribution in [2.45, 2.75) is 13.3 Å². The summed E-state index contributed by atoms with van der Waals surface area (Å²) in [6, 6.07) is 0. The van der Waals surface area contributed by atoms with Crippen LogP contribution in [0.15, 0.2) is 23.7 Å². The van der Waals surface area contributed by atoms with Gasteiger partial charge < -0.3 is 10.4 Å². The monoisotopic (exact) mass is 278 g/mol. The van der Waals surface area contributed by atoms with Gasteiger partial charge in [0.05, 0.1) is 11.3 Å². The van der Waals surface area contributed by atoms with Crippen molar-refractivity contribution < 1.29 is 14.7 Å². The molecular weight excluding hydrogens is 264 g/mol. The van der Waals surface area contributed by atoms with Gasteiger partial charge in [0.25, 0.3) is 0 Å². The number of hydrogen-bond acceptors (Lipinski definition) is 4. The first-order valence-electron chi connectivity index (χ1n) is 6.15. The van der Waals surface area contributed by atoms with E-state index in [4.69, 9.17) is 0 Å². The SMILES string of the molecule is C[C@]1(C(=O)O)[C@H]2C=C[C@@H](C2)[C@@H]1C(=O)Nc1nccs1. The fourth-order valence-electron chi connectivity index (χ4n) is 3.32. The van der Waals surface area contributed by atoms with Gasteiger partial charge >= 0.3 is 5.97 Å². The van der Waals surface area contributed by atoms with E-state index in [1.807, 2.05) is 12.2 Å². The summed E-state index contributed by atoms with van der Waals surface area (Å²) < 4.78 is 0. The van der Waals surface area contributed by atoms with Crippen molar-refractivity contribution in [1.82, 2.24) is 4.98 Å². The quantitative estimate of drug-likeness (QED) is 0.829. The standard InChI is InChI=1S/C13H14N2O3S/c1-13(11(17)18)8-3-2-7(6-8)9(13)10(16)15-12-14-4-5-19-12/h2-5,7-9H,6H2,1H3,(H,17,18)(H,14,15,16)/t7-,8-,9+,13-/m0/s1. The Hall–Kier alpha value is -1.69. The zero-order valence-corrected chi connectivity index (χ0v) is 11.2. The maximum atomic E-state index is 12.4. The Kier molecular flexibility index (Phi) is 2.70. The predicted molar refractivity (Wildman–Crippen MR) is 70.7 cm³/mol. The molecular formula is C13H14N2O3S. The number of hydrogen-bond donors (Lipinski definition) is 2. The molecule has 1 heterocycles. The normalized spacial score (nSPS) is 35.5. The average Bonchev–Trinajstić information content (AvgIpc) is 3.03. The highest BCUT2D eigenvalue weighted by molar-refractivity contribution is 7.13. The summed E-state index contributed by atoms with van der Waals surface area (Å²) in [5, 5.41) is 14.5.